The van der Waals surface area contributed by atoms with Gasteiger partial charge in [0.2, 0.25) is 0 Å². The Morgan fingerprint density at radius 3 is 1.43 bits per heavy atom. The molecule has 0 bridgehead atoms. The van der Waals surface area contributed by atoms with E-state index in [2.05, 4.69) is 171 Å². The molecule has 0 radical (unpaired) electrons. The van der Waals surface area contributed by atoms with Crippen molar-refractivity contribution in [3.63, 3.8) is 0 Å². The SMILES string of the molecule is Cc1ccc2c3c(ccc(-c4ccc5c6c(cccc46)-c4ccccc4-5)c13)C1C(c3ccccc3)=c3ccccc3=C(c3ccccc3)C21. The van der Waals surface area contributed by atoms with Crippen LogP contribution < -0.4 is 10.4 Å². The molecular weight excluding hydrogens is 589 g/mol. The average molecular weight is 621 g/mol. The number of rotatable bonds is 3. The largest absolute Gasteiger partial charge is 0.0622 e. The molecule has 0 saturated heterocycles. The van der Waals surface area contributed by atoms with Gasteiger partial charge in [-0.05, 0) is 111 Å². The minimum Gasteiger partial charge on any atom is -0.0622 e. The Morgan fingerprint density at radius 2 is 0.796 bits per heavy atom. The normalized spacial score (nSPS) is 16.6. The van der Waals surface area contributed by atoms with E-state index >= 15 is 0 Å². The minimum atomic E-state index is 0.211. The fraction of sp³-hybridized carbons (Fsp3) is 0.0612. The van der Waals surface area contributed by atoms with E-state index in [-0.39, 0.29) is 11.8 Å². The van der Waals surface area contributed by atoms with Crippen molar-refractivity contribution in [1.29, 1.82) is 0 Å². The number of hydrogen-bond acceptors (Lipinski definition) is 0. The van der Waals surface area contributed by atoms with Crippen LogP contribution in [0.15, 0.2) is 164 Å². The summed E-state index contributed by atoms with van der Waals surface area (Å²) < 4.78 is 0. The molecule has 0 N–H and O–H groups in total. The van der Waals surface area contributed by atoms with Crippen LogP contribution in [0.4, 0.5) is 0 Å². The first kappa shape index (κ1) is 27.0. The van der Waals surface area contributed by atoms with E-state index in [1.807, 2.05) is 0 Å². The highest BCUT2D eigenvalue weighted by Crippen LogP contribution is 2.59. The molecule has 0 heteroatoms. The van der Waals surface area contributed by atoms with Crippen LogP contribution in [0.25, 0.3) is 66.1 Å². The van der Waals surface area contributed by atoms with Crippen molar-refractivity contribution in [3.05, 3.63) is 202 Å². The van der Waals surface area contributed by atoms with Crippen LogP contribution >= 0.6 is 0 Å². The topological polar surface area (TPSA) is 0 Å². The smallest absolute Gasteiger partial charge is 0.0218 e. The first-order valence-corrected chi connectivity index (χ1v) is 17.4. The van der Waals surface area contributed by atoms with Crippen LogP contribution in [-0.2, 0) is 0 Å². The number of fused-ring (bicyclic) bond motifs is 7. The summed E-state index contributed by atoms with van der Waals surface area (Å²) in [5.41, 5.74) is 17.7. The Kier molecular flexibility index (Phi) is 5.52. The second-order valence-corrected chi connectivity index (χ2v) is 13.9. The summed E-state index contributed by atoms with van der Waals surface area (Å²) in [7, 11) is 0. The van der Waals surface area contributed by atoms with Gasteiger partial charge >= 0.3 is 0 Å². The number of hydrogen-bond donors (Lipinski definition) is 0. The van der Waals surface area contributed by atoms with Crippen molar-refractivity contribution >= 4 is 32.7 Å². The average Bonchev–Trinajstić information content (AvgIpc) is 3.67. The van der Waals surface area contributed by atoms with E-state index in [0.29, 0.717) is 0 Å². The van der Waals surface area contributed by atoms with Gasteiger partial charge in [-0.3, -0.25) is 0 Å². The molecule has 0 saturated carbocycles. The standard InChI is InChI=1S/C49H32/c1-29-23-24-41-47-42(28-27-39(43(29)47)34-25-26-40-33-18-9-8-17-32(33)35-21-12-22-36(34)46(35)40)49-45(31-15-6-3-7-16-31)38-20-11-10-19-37(38)44(48(41)49)30-13-4-2-5-14-30/h2-28,48-49H,1H3. The molecule has 11 rings (SSSR count). The molecule has 2 unspecified atom stereocenters. The monoisotopic (exact) mass is 620 g/mol. The van der Waals surface area contributed by atoms with Gasteiger partial charge in [-0.1, -0.05) is 164 Å². The molecule has 0 nitrogen and oxygen atoms in total. The molecule has 0 aromatic heterocycles. The van der Waals surface area contributed by atoms with Crippen molar-refractivity contribution in [2.24, 2.45) is 0 Å². The van der Waals surface area contributed by atoms with Gasteiger partial charge in [0.1, 0.15) is 0 Å². The van der Waals surface area contributed by atoms with Crippen LogP contribution in [0.3, 0.4) is 0 Å². The minimum absolute atomic E-state index is 0.211. The quantitative estimate of drug-likeness (QED) is 0.184. The predicted molar refractivity (Wildman–Crippen MR) is 205 cm³/mol. The van der Waals surface area contributed by atoms with Gasteiger partial charge in [-0.25, -0.2) is 0 Å². The third kappa shape index (κ3) is 3.58. The summed E-state index contributed by atoms with van der Waals surface area (Å²) in [4.78, 5) is 0. The van der Waals surface area contributed by atoms with E-state index in [1.54, 1.807) is 0 Å². The second kappa shape index (κ2) is 10.0. The molecule has 0 amide bonds. The lowest BCUT2D eigenvalue weighted by molar-refractivity contribution is 0.791. The lowest BCUT2D eigenvalue weighted by Gasteiger charge is -2.32. The van der Waals surface area contributed by atoms with Crippen LogP contribution in [-0.4, -0.2) is 0 Å². The lowest BCUT2D eigenvalue weighted by atomic mass is 9.70. The molecule has 3 aliphatic carbocycles. The molecule has 0 fully saturated rings. The summed E-state index contributed by atoms with van der Waals surface area (Å²) in [6, 6.07) is 61.6. The Morgan fingerprint density at radius 1 is 0.327 bits per heavy atom. The van der Waals surface area contributed by atoms with Crippen LogP contribution in [0.2, 0.25) is 0 Å². The summed E-state index contributed by atoms with van der Waals surface area (Å²) in [6.45, 7) is 2.31. The van der Waals surface area contributed by atoms with Crippen LogP contribution in [0.1, 0.15) is 39.7 Å². The highest BCUT2D eigenvalue weighted by Gasteiger charge is 2.42. The predicted octanol–water partition coefficient (Wildman–Crippen LogP) is 10.9. The van der Waals surface area contributed by atoms with Gasteiger partial charge < -0.3 is 0 Å². The van der Waals surface area contributed by atoms with Crippen molar-refractivity contribution < 1.29 is 0 Å². The number of benzene rings is 8. The van der Waals surface area contributed by atoms with Crippen LogP contribution in [0, 0.1) is 6.92 Å². The maximum Gasteiger partial charge on any atom is 0.0218 e. The van der Waals surface area contributed by atoms with E-state index in [0.717, 1.165) is 0 Å². The maximum atomic E-state index is 2.47. The van der Waals surface area contributed by atoms with Gasteiger partial charge in [-0.15, -0.1) is 0 Å². The first-order chi connectivity index (χ1) is 24.3. The third-order valence-corrected chi connectivity index (χ3v) is 11.6. The molecule has 0 spiro atoms. The maximum absolute atomic E-state index is 2.47. The van der Waals surface area contributed by atoms with Gasteiger partial charge in [0, 0.05) is 11.8 Å². The van der Waals surface area contributed by atoms with E-state index in [1.165, 1.54) is 104 Å². The fourth-order valence-corrected chi connectivity index (χ4v) is 9.70. The lowest BCUT2D eigenvalue weighted by Crippen LogP contribution is -2.38. The summed E-state index contributed by atoms with van der Waals surface area (Å²) in [6.07, 6.45) is 0. The van der Waals surface area contributed by atoms with Crippen molar-refractivity contribution in [1.82, 2.24) is 0 Å². The summed E-state index contributed by atoms with van der Waals surface area (Å²) >= 11 is 0. The molecule has 228 valence electrons. The van der Waals surface area contributed by atoms with E-state index in [9.17, 15) is 0 Å². The first-order valence-electron chi connectivity index (χ1n) is 17.4. The van der Waals surface area contributed by atoms with Crippen molar-refractivity contribution in [2.75, 3.05) is 0 Å². The molecule has 49 heavy (non-hydrogen) atoms. The van der Waals surface area contributed by atoms with Crippen molar-refractivity contribution in [2.45, 2.75) is 18.8 Å². The highest BCUT2D eigenvalue weighted by molar-refractivity contribution is 6.20. The number of aryl methyl sites for hydroxylation is 1. The summed E-state index contributed by atoms with van der Waals surface area (Å²) in [5, 5.41) is 8.25. The van der Waals surface area contributed by atoms with E-state index in [4.69, 9.17) is 0 Å². The second-order valence-electron chi connectivity index (χ2n) is 13.9. The molecule has 0 aliphatic heterocycles. The third-order valence-electron chi connectivity index (χ3n) is 11.6. The molecular formula is C49H32. The van der Waals surface area contributed by atoms with Gasteiger partial charge in [-0.2, -0.15) is 0 Å². The Balaban J connectivity index is 1.24. The molecule has 8 aromatic carbocycles. The van der Waals surface area contributed by atoms with Crippen molar-refractivity contribution in [3.8, 4) is 33.4 Å². The van der Waals surface area contributed by atoms with Crippen LogP contribution in [0.5, 0.6) is 0 Å². The Bertz CT molecular complexity index is 2700. The Hall–Kier alpha value is -5.98. The fourth-order valence-electron chi connectivity index (χ4n) is 9.70. The van der Waals surface area contributed by atoms with E-state index < -0.39 is 0 Å². The Labute approximate surface area is 286 Å². The zero-order valence-corrected chi connectivity index (χ0v) is 27.2. The zero-order chi connectivity index (χ0) is 32.2. The molecule has 3 aliphatic rings. The zero-order valence-electron chi connectivity index (χ0n) is 27.2. The van der Waals surface area contributed by atoms with Gasteiger partial charge in [0.05, 0.1) is 0 Å². The summed E-state index contributed by atoms with van der Waals surface area (Å²) in [5.74, 6) is 0.423. The van der Waals surface area contributed by atoms with Gasteiger partial charge in [0.15, 0.2) is 0 Å². The molecule has 8 aromatic rings. The molecule has 0 heterocycles. The highest BCUT2D eigenvalue weighted by atomic mass is 14.4. The van der Waals surface area contributed by atoms with Gasteiger partial charge in [0.25, 0.3) is 0 Å². The molecule has 2 atom stereocenters.